The molecule has 1 heterocycles. The van der Waals surface area contributed by atoms with E-state index in [0.717, 1.165) is 0 Å². The van der Waals surface area contributed by atoms with Crippen LogP contribution < -0.4 is 23.8 Å². The van der Waals surface area contributed by atoms with Crippen molar-refractivity contribution in [2.24, 2.45) is 0 Å². The van der Waals surface area contributed by atoms with Gasteiger partial charge >= 0.3 is 0 Å². The molecule has 0 radical (unpaired) electrons. The van der Waals surface area contributed by atoms with Crippen molar-refractivity contribution in [1.29, 1.82) is 0 Å². The number of Topliss-reactive ketones (excluding diaryl/α,β-unsaturated/α-hetero) is 1. The van der Waals surface area contributed by atoms with Crippen LogP contribution in [0, 0.1) is 0 Å². The summed E-state index contributed by atoms with van der Waals surface area (Å²) in [5.74, 6) is 1.07. The first-order valence-corrected chi connectivity index (χ1v) is 11.7. The summed E-state index contributed by atoms with van der Waals surface area (Å²) in [7, 11) is 1.87. The average molecular weight is 482 g/mol. The highest BCUT2D eigenvalue weighted by molar-refractivity contribution is 7.96. The average Bonchev–Trinajstić information content (AvgIpc) is 2.87. The number of benzene rings is 3. The highest BCUT2D eigenvalue weighted by Gasteiger charge is 2.36. The smallest absolute Gasteiger partial charge is 0.214 e. The highest BCUT2D eigenvalue weighted by atomic mass is 32.2. The lowest BCUT2D eigenvalue weighted by atomic mass is 10.1. The molecule has 34 heavy (non-hydrogen) atoms. The third-order valence-electron chi connectivity index (χ3n) is 5.46. The van der Waals surface area contributed by atoms with Gasteiger partial charge in [0, 0.05) is 23.5 Å². The molecule has 1 aliphatic rings. The van der Waals surface area contributed by atoms with Gasteiger partial charge in [0.15, 0.2) is 23.0 Å². The molecule has 0 bridgehead atoms. The Morgan fingerprint density at radius 1 is 0.735 bits per heavy atom. The number of nitrogens with zero attached hydrogens (tertiary/aromatic N) is 1. The molecule has 0 N–H and O–H groups in total. The molecule has 9 heteroatoms. The summed E-state index contributed by atoms with van der Waals surface area (Å²) in [5, 5.41) is 0. The van der Waals surface area contributed by atoms with Crippen LogP contribution in [0.5, 0.6) is 23.0 Å². The number of carbonyl (C=O) groups is 1. The molecule has 0 saturated heterocycles. The molecule has 0 saturated carbocycles. The zero-order valence-electron chi connectivity index (χ0n) is 19.1. The number of fused-ring (bicyclic) bond motifs is 1. The van der Waals surface area contributed by atoms with E-state index >= 15 is 0 Å². The van der Waals surface area contributed by atoms with Gasteiger partial charge in [0.05, 0.1) is 39.0 Å². The quantitative estimate of drug-likeness (QED) is 0.460. The maximum absolute atomic E-state index is 13.5. The Labute approximate surface area is 197 Å². The lowest BCUT2D eigenvalue weighted by Gasteiger charge is -2.29. The lowest BCUT2D eigenvalue weighted by Crippen LogP contribution is -2.25. The number of ketones is 1. The number of rotatable bonds is 7. The third kappa shape index (κ3) is 3.84. The standard InChI is InChI=1S/C25H23NO7S/c1-30-19-11-9-16(13-21(19)32-3)25(27)24-15-26(17-10-12-20(31-2)22(14-17)33-4)18-7-5-6-8-23(18)34(24,28)29/h5-15H,1-4H3. The zero-order valence-corrected chi connectivity index (χ0v) is 19.9. The Balaban J connectivity index is 1.89. The minimum Gasteiger partial charge on any atom is -0.493 e. The van der Waals surface area contributed by atoms with Crippen LogP contribution in [0.25, 0.3) is 0 Å². The Bertz CT molecular complexity index is 1400. The second kappa shape index (κ2) is 9.11. The molecule has 0 atom stereocenters. The largest absolute Gasteiger partial charge is 0.493 e. The fourth-order valence-corrected chi connectivity index (χ4v) is 5.29. The molecule has 176 valence electrons. The minimum absolute atomic E-state index is 0.0242. The topological polar surface area (TPSA) is 91.4 Å². The maximum Gasteiger partial charge on any atom is 0.214 e. The molecule has 3 aromatic rings. The van der Waals surface area contributed by atoms with Gasteiger partial charge in [-0.15, -0.1) is 0 Å². The van der Waals surface area contributed by atoms with Crippen LogP contribution in [0.3, 0.4) is 0 Å². The van der Waals surface area contributed by atoms with Crippen LogP contribution >= 0.6 is 0 Å². The molecule has 0 spiro atoms. The summed E-state index contributed by atoms with van der Waals surface area (Å²) >= 11 is 0. The van der Waals surface area contributed by atoms with Crippen molar-refractivity contribution >= 4 is 27.0 Å². The minimum atomic E-state index is -4.09. The normalized spacial score (nSPS) is 14.0. The molecule has 1 aliphatic heterocycles. The van der Waals surface area contributed by atoms with Crippen molar-refractivity contribution in [2.45, 2.75) is 4.90 Å². The first-order chi connectivity index (χ1) is 16.3. The zero-order chi connectivity index (χ0) is 24.5. The van der Waals surface area contributed by atoms with E-state index in [0.29, 0.717) is 34.4 Å². The van der Waals surface area contributed by atoms with Crippen molar-refractivity contribution in [3.05, 3.63) is 77.3 Å². The molecule has 8 nitrogen and oxygen atoms in total. The van der Waals surface area contributed by atoms with Gasteiger partial charge in [-0.1, -0.05) is 12.1 Å². The second-order valence-corrected chi connectivity index (χ2v) is 9.16. The van der Waals surface area contributed by atoms with E-state index in [-0.39, 0.29) is 15.4 Å². The first kappa shape index (κ1) is 23.2. The molecule has 0 fully saturated rings. The number of carbonyl (C=O) groups excluding carboxylic acids is 1. The number of allylic oxidation sites excluding steroid dienone is 1. The van der Waals surface area contributed by atoms with Crippen LogP contribution in [0.2, 0.25) is 0 Å². The number of ether oxygens (including phenoxy) is 4. The Morgan fingerprint density at radius 3 is 1.97 bits per heavy atom. The second-order valence-electron chi connectivity index (χ2n) is 7.27. The van der Waals surface area contributed by atoms with E-state index in [4.69, 9.17) is 18.9 Å². The van der Waals surface area contributed by atoms with Crippen molar-refractivity contribution < 1.29 is 32.2 Å². The highest BCUT2D eigenvalue weighted by Crippen LogP contribution is 2.42. The van der Waals surface area contributed by atoms with Crippen molar-refractivity contribution in [3.63, 3.8) is 0 Å². The van der Waals surface area contributed by atoms with Crippen molar-refractivity contribution in [2.75, 3.05) is 33.3 Å². The van der Waals surface area contributed by atoms with Crippen molar-refractivity contribution in [1.82, 2.24) is 0 Å². The van der Waals surface area contributed by atoms with Gasteiger partial charge in [0.25, 0.3) is 0 Å². The van der Waals surface area contributed by atoms with E-state index < -0.39 is 15.6 Å². The molecule has 3 aromatic carbocycles. The van der Waals surface area contributed by atoms with Gasteiger partial charge in [0.1, 0.15) is 4.91 Å². The number of sulfone groups is 1. The maximum atomic E-state index is 13.5. The van der Waals surface area contributed by atoms with Crippen LogP contribution in [0.15, 0.2) is 76.7 Å². The molecular weight excluding hydrogens is 458 g/mol. The Kier molecular flexibility index (Phi) is 6.21. The summed E-state index contributed by atoms with van der Waals surface area (Å²) < 4.78 is 48.2. The fourth-order valence-electron chi connectivity index (χ4n) is 3.75. The van der Waals surface area contributed by atoms with E-state index in [1.807, 2.05) is 0 Å². The van der Waals surface area contributed by atoms with Gasteiger partial charge in [-0.2, -0.15) is 0 Å². The number of hydrogen-bond donors (Lipinski definition) is 0. The summed E-state index contributed by atoms with van der Waals surface area (Å²) in [5.41, 5.74) is 1.16. The van der Waals surface area contributed by atoms with Crippen LogP contribution in [0.4, 0.5) is 11.4 Å². The molecular formula is C25H23NO7S. The van der Waals surface area contributed by atoms with E-state index in [9.17, 15) is 13.2 Å². The van der Waals surface area contributed by atoms with E-state index in [1.165, 1.54) is 52.8 Å². The summed E-state index contributed by atoms with van der Waals surface area (Å²) in [4.78, 5) is 14.8. The SMILES string of the molecule is COc1ccc(C(=O)C2=CN(c3ccc(OC)c(OC)c3)c3ccccc3S2(=O)=O)cc1OC. The Hall–Kier alpha value is -3.98. The van der Waals surface area contributed by atoms with E-state index in [2.05, 4.69) is 0 Å². The number of para-hydroxylation sites is 1. The monoisotopic (exact) mass is 481 g/mol. The lowest BCUT2D eigenvalue weighted by molar-refractivity contribution is 0.104. The first-order valence-electron chi connectivity index (χ1n) is 10.2. The number of hydrogen-bond acceptors (Lipinski definition) is 8. The predicted molar refractivity (Wildman–Crippen MR) is 127 cm³/mol. The predicted octanol–water partition coefficient (Wildman–Crippen LogP) is 4.37. The number of methoxy groups -OCH3 is 4. The van der Waals surface area contributed by atoms with Crippen LogP contribution in [-0.2, 0) is 9.84 Å². The molecule has 0 unspecified atom stereocenters. The number of anilines is 2. The molecule has 0 aliphatic carbocycles. The fraction of sp³-hybridized carbons (Fsp3) is 0.160. The van der Waals surface area contributed by atoms with E-state index in [1.54, 1.807) is 47.4 Å². The van der Waals surface area contributed by atoms with Gasteiger partial charge < -0.3 is 23.8 Å². The van der Waals surface area contributed by atoms with Gasteiger partial charge in [-0.25, -0.2) is 8.42 Å². The summed E-state index contributed by atoms with van der Waals surface area (Å²) in [6.45, 7) is 0. The summed E-state index contributed by atoms with van der Waals surface area (Å²) in [6, 6.07) is 16.2. The van der Waals surface area contributed by atoms with Gasteiger partial charge in [-0.05, 0) is 42.5 Å². The Morgan fingerprint density at radius 2 is 1.32 bits per heavy atom. The van der Waals surface area contributed by atoms with Crippen molar-refractivity contribution in [3.8, 4) is 23.0 Å². The van der Waals surface area contributed by atoms with Gasteiger partial charge in [0.2, 0.25) is 15.6 Å². The van der Waals surface area contributed by atoms with Crippen LogP contribution in [-0.4, -0.2) is 42.6 Å². The van der Waals surface area contributed by atoms with Gasteiger partial charge in [-0.3, -0.25) is 4.79 Å². The molecule has 0 aromatic heterocycles. The summed E-state index contributed by atoms with van der Waals surface area (Å²) in [6.07, 6.45) is 1.33. The third-order valence-corrected chi connectivity index (χ3v) is 7.26. The van der Waals surface area contributed by atoms with Crippen LogP contribution in [0.1, 0.15) is 10.4 Å². The molecule has 4 rings (SSSR count). The molecule has 0 amide bonds.